The fourth-order valence-electron chi connectivity index (χ4n) is 3.87. The average Bonchev–Trinajstić information content (AvgIpc) is 3.10. The maximum atomic E-state index is 12.6. The van der Waals surface area contributed by atoms with Crippen LogP contribution in [-0.2, 0) is 23.2 Å². The number of halogens is 2. The number of nitrogens with one attached hydrogen (secondary N) is 2. The topological polar surface area (TPSA) is 50.4 Å². The number of carbonyl (C=O) groups is 1. The molecule has 7 heteroatoms. The van der Waals surface area contributed by atoms with Crippen molar-refractivity contribution >= 4 is 41.3 Å². The minimum absolute atomic E-state index is 0. The molecule has 0 radical (unpaired) electrons. The van der Waals surface area contributed by atoms with Crippen LogP contribution in [0.4, 0.5) is 0 Å². The quantitative estimate of drug-likeness (QED) is 0.777. The zero-order valence-corrected chi connectivity index (χ0v) is 17.4. The molecule has 146 valence electrons. The van der Waals surface area contributed by atoms with Crippen molar-refractivity contribution in [2.75, 3.05) is 26.2 Å². The summed E-state index contributed by atoms with van der Waals surface area (Å²) < 4.78 is 6.20. The van der Waals surface area contributed by atoms with Gasteiger partial charge in [0, 0.05) is 22.9 Å². The first-order valence-electron chi connectivity index (χ1n) is 9.17. The van der Waals surface area contributed by atoms with Gasteiger partial charge in [-0.15, -0.1) is 23.7 Å². The van der Waals surface area contributed by atoms with E-state index in [1.165, 1.54) is 10.4 Å². The lowest BCUT2D eigenvalue weighted by Gasteiger charge is -2.40. The van der Waals surface area contributed by atoms with Crippen LogP contribution in [0.25, 0.3) is 0 Å². The van der Waals surface area contributed by atoms with E-state index in [0.29, 0.717) is 6.54 Å². The van der Waals surface area contributed by atoms with E-state index in [1.54, 1.807) is 11.3 Å². The van der Waals surface area contributed by atoms with Gasteiger partial charge in [-0.2, -0.15) is 0 Å². The third-order valence-corrected chi connectivity index (χ3v) is 6.84. The molecular formula is C20H24Cl2N2O2S. The van der Waals surface area contributed by atoms with Crippen LogP contribution in [0.5, 0.6) is 0 Å². The Balaban J connectivity index is 0.00000210. The molecule has 0 bridgehead atoms. The number of benzene rings is 1. The molecule has 1 amide bonds. The van der Waals surface area contributed by atoms with Crippen LogP contribution < -0.4 is 10.6 Å². The highest BCUT2D eigenvalue weighted by molar-refractivity contribution is 7.14. The summed E-state index contributed by atoms with van der Waals surface area (Å²) in [5.41, 5.74) is 2.11. The van der Waals surface area contributed by atoms with Crippen molar-refractivity contribution < 1.29 is 9.53 Å². The standard InChI is InChI=1S/C20H23ClN2O2S.ClH/c21-16-4-2-1-3-14(16)5-9-23-19(24)18-13-15-17(26-18)6-12-25-20(15)7-10-22-11-8-20;/h1-4,13,22H,5-12H2,(H,23,24);1H. The monoisotopic (exact) mass is 426 g/mol. The molecule has 0 atom stereocenters. The molecule has 3 heterocycles. The van der Waals surface area contributed by atoms with Crippen LogP contribution >= 0.6 is 35.3 Å². The van der Waals surface area contributed by atoms with Crippen LogP contribution in [0, 0.1) is 0 Å². The van der Waals surface area contributed by atoms with Gasteiger partial charge in [-0.25, -0.2) is 0 Å². The second-order valence-corrected chi connectivity index (χ2v) is 8.43. The van der Waals surface area contributed by atoms with Crippen molar-refractivity contribution in [1.82, 2.24) is 10.6 Å². The molecule has 2 aliphatic heterocycles. The first-order valence-corrected chi connectivity index (χ1v) is 10.4. The molecule has 2 aromatic rings. The zero-order valence-electron chi connectivity index (χ0n) is 15.1. The molecule has 1 spiro atoms. The van der Waals surface area contributed by atoms with E-state index in [1.807, 2.05) is 24.3 Å². The van der Waals surface area contributed by atoms with E-state index in [2.05, 4.69) is 16.7 Å². The van der Waals surface area contributed by atoms with E-state index >= 15 is 0 Å². The Morgan fingerprint density at radius 3 is 2.85 bits per heavy atom. The molecular weight excluding hydrogens is 403 g/mol. The number of hydrogen-bond donors (Lipinski definition) is 2. The minimum Gasteiger partial charge on any atom is -0.370 e. The van der Waals surface area contributed by atoms with Crippen LogP contribution in [0.1, 0.15) is 38.5 Å². The largest absolute Gasteiger partial charge is 0.370 e. The molecule has 0 unspecified atom stereocenters. The van der Waals surface area contributed by atoms with Crippen molar-refractivity contribution in [3.8, 4) is 0 Å². The normalized spacial score (nSPS) is 17.8. The lowest BCUT2D eigenvalue weighted by Crippen LogP contribution is -2.44. The van der Waals surface area contributed by atoms with Gasteiger partial charge < -0.3 is 15.4 Å². The van der Waals surface area contributed by atoms with Crippen molar-refractivity contribution in [3.05, 3.63) is 56.2 Å². The summed E-state index contributed by atoms with van der Waals surface area (Å²) in [7, 11) is 0. The lowest BCUT2D eigenvalue weighted by atomic mass is 9.83. The fourth-order valence-corrected chi connectivity index (χ4v) is 5.25. The molecule has 0 aliphatic carbocycles. The van der Waals surface area contributed by atoms with Crippen molar-refractivity contribution in [2.45, 2.75) is 31.3 Å². The van der Waals surface area contributed by atoms with Gasteiger partial charge in [0.2, 0.25) is 0 Å². The molecule has 0 saturated carbocycles. The van der Waals surface area contributed by atoms with E-state index < -0.39 is 0 Å². The number of piperidine rings is 1. The summed E-state index contributed by atoms with van der Waals surface area (Å²) in [5, 5.41) is 7.18. The number of ether oxygens (including phenoxy) is 1. The minimum atomic E-state index is -0.189. The second kappa shape index (κ2) is 8.93. The van der Waals surface area contributed by atoms with Gasteiger partial charge in [-0.1, -0.05) is 29.8 Å². The molecule has 4 rings (SSSR count). The number of carbonyl (C=O) groups excluding carboxylic acids is 1. The molecule has 1 aromatic heterocycles. The van der Waals surface area contributed by atoms with Gasteiger partial charge in [0.25, 0.3) is 5.91 Å². The number of hydrogen-bond acceptors (Lipinski definition) is 4. The van der Waals surface area contributed by atoms with Gasteiger partial charge in [0.1, 0.15) is 0 Å². The fraction of sp³-hybridized carbons (Fsp3) is 0.450. The summed E-state index contributed by atoms with van der Waals surface area (Å²) in [6, 6.07) is 9.82. The van der Waals surface area contributed by atoms with Gasteiger partial charge >= 0.3 is 0 Å². The first kappa shape index (κ1) is 20.6. The lowest BCUT2D eigenvalue weighted by molar-refractivity contribution is -0.0792. The maximum absolute atomic E-state index is 12.6. The zero-order chi connectivity index (χ0) is 18.0. The predicted molar refractivity (Wildman–Crippen MR) is 112 cm³/mol. The highest BCUT2D eigenvalue weighted by Gasteiger charge is 2.40. The van der Waals surface area contributed by atoms with Crippen molar-refractivity contribution in [1.29, 1.82) is 0 Å². The Hall–Kier alpha value is -1.11. The highest BCUT2D eigenvalue weighted by atomic mass is 35.5. The van der Waals surface area contributed by atoms with Gasteiger partial charge in [0.15, 0.2) is 0 Å². The van der Waals surface area contributed by atoms with E-state index in [0.717, 1.165) is 60.8 Å². The van der Waals surface area contributed by atoms with E-state index in [9.17, 15) is 4.79 Å². The number of rotatable bonds is 4. The van der Waals surface area contributed by atoms with Gasteiger partial charge in [0.05, 0.1) is 17.1 Å². The molecule has 4 nitrogen and oxygen atoms in total. The van der Waals surface area contributed by atoms with E-state index in [-0.39, 0.29) is 23.9 Å². The van der Waals surface area contributed by atoms with Crippen LogP contribution in [-0.4, -0.2) is 32.1 Å². The maximum Gasteiger partial charge on any atom is 0.261 e. The van der Waals surface area contributed by atoms with Crippen molar-refractivity contribution in [2.24, 2.45) is 0 Å². The summed E-state index contributed by atoms with van der Waals surface area (Å²) in [6.07, 6.45) is 3.59. The number of thiophene rings is 1. The first-order chi connectivity index (χ1) is 12.7. The summed E-state index contributed by atoms with van der Waals surface area (Å²) in [6.45, 7) is 3.26. The molecule has 27 heavy (non-hydrogen) atoms. The third kappa shape index (κ3) is 4.33. The van der Waals surface area contributed by atoms with Crippen LogP contribution in [0.15, 0.2) is 30.3 Å². The van der Waals surface area contributed by atoms with Gasteiger partial charge in [-0.05, 0) is 55.6 Å². The second-order valence-electron chi connectivity index (χ2n) is 6.89. The molecule has 1 aromatic carbocycles. The summed E-state index contributed by atoms with van der Waals surface area (Å²) >= 11 is 7.80. The summed E-state index contributed by atoms with van der Waals surface area (Å²) in [5.74, 6) is 0.000498. The Labute approximate surface area is 175 Å². The van der Waals surface area contributed by atoms with Crippen LogP contribution in [0.2, 0.25) is 5.02 Å². The molecule has 2 N–H and O–H groups in total. The smallest absolute Gasteiger partial charge is 0.261 e. The third-order valence-electron chi connectivity index (χ3n) is 5.28. The highest BCUT2D eigenvalue weighted by Crippen LogP contribution is 2.43. The Morgan fingerprint density at radius 2 is 2.07 bits per heavy atom. The van der Waals surface area contributed by atoms with Crippen LogP contribution in [0.3, 0.4) is 0 Å². The average molecular weight is 427 g/mol. The Bertz CT molecular complexity index is 803. The molecule has 1 fully saturated rings. The van der Waals surface area contributed by atoms with Gasteiger partial charge in [-0.3, -0.25) is 4.79 Å². The molecule has 2 aliphatic rings. The van der Waals surface area contributed by atoms with E-state index in [4.69, 9.17) is 16.3 Å². The SMILES string of the molecule is Cl.O=C(NCCc1ccccc1Cl)c1cc2c(s1)CCOC21CCNCC1. The molecule has 1 saturated heterocycles. The Morgan fingerprint density at radius 1 is 1.30 bits per heavy atom. The van der Waals surface area contributed by atoms with Crippen molar-refractivity contribution in [3.63, 3.8) is 0 Å². The summed E-state index contributed by atoms with van der Waals surface area (Å²) in [4.78, 5) is 14.7. The predicted octanol–water partition coefficient (Wildman–Crippen LogP) is 3.95. The number of amides is 1. The number of fused-ring (bicyclic) bond motifs is 2. The Kier molecular flexibility index (Phi) is 6.82.